The van der Waals surface area contributed by atoms with E-state index in [0.717, 1.165) is 16.9 Å². The summed E-state index contributed by atoms with van der Waals surface area (Å²) in [6, 6.07) is 13.3. The van der Waals surface area contributed by atoms with E-state index in [2.05, 4.69) is 5.32 Å². The number of amides is 1. The van der Waals surface area contributed by atoms with Crippen molar-refractivity contribution in [3.63, 3.8) is 0 Å². The zero-order valence-corrected chi connectivity index (χ0v) is 16.0. The van der Waals surface area contributed by atoms with Crippen molar-refractivity contribution in [2.24, 2.45) is 5.92 Å². The molecule has 1 amide bonds. The largest absolute Gasteiger partial charge is 0.497 e. The van der Waals surface area contributed by atoms with E-state index >= 15 is 0 Å². The molecule has 0 bridgehead atoms. The summed E-state index contributed by atoms with van der Waals surface area (Å²) in [7, 11) is 4.82. The van der Waals surface area contributed by atoms with Gasteiger partial charge in [-0.1, -0.05) is 32.0 Å². The van der Waals surface area contributed by atoms with Crippen LogP contribution in [0.1, 0.15) is 30.9 Å². The lowest BCUT2D eigenvalue weighted by Crippen LogP contribution is -2.31. The van der Waals surface area contributed by atoms with Crippen molar-refractivity contribution in [2.75, 3.05) is 21.3 Å². The fourth-order valence-electron chi connectivity index (χ4n) is 2.94. The van der Waals surface area contributed by atoms with Gasteiger partial charge in [0.15, 0.2) is 11.5 Å². The Kier molecular flexibility index (Phi) is 6.89. The first-order valence-electron chi connectivity index (χ1n) is 8.62. The van der Waals surface area contributed by atoms with E-state index in [9.17, 15) is 4.79 Å². The molecule has 1 N–H and O–H groups in total. The van der Waals surface area contributed by atoms with Crippen molar-refractivity contribution >= 4 is 5.91 Å². The van der Waals surface area contributed by atoms with Gasteiger partial charge in [-0.05, 0) is 41.3 Å². The lowest BCUT2D eigenvalue weighted by molar-refractivity contribution is -0.123. The van der Waals surface area contributed by atoms with Crippen LogP contribution < -0.4 is 19.5 Å². The summed E-state index contributed by atoms with van der Waals surface area (Å²) in [4.78, 5) is 12.8. The van der Waals surface area contributed by atoms with Crippen LogP contribution in [0.2, 0.25) is 0 Å². The van der Waals surface area contributed by atoms with E-state index in [4.69, 9.17) is 14.2 Å². The first-order chi connectivity index (χ1) is 12.5. The van der Waals surface area contributed by atoms with Gasteiger partial charge in [0.2, 0.25) is 5.91 Å². The minimum atomic E-state index is -0.221. The summed E-state index contributed by atoms with van der Waals surface area (Å²) >= 11 is 0. The van der Waals surface area contributed by atoms with E-state index in [-0.39, 0.29) is 17.7 Å². The molecular formula is C21H27NO4. The van der Waals surface area contributed by atoms with E-state index in [1.54, 1.807) is 21.3 Å². The maximum atomic E-state index is 12.8. The van der Waals surface area contributed by atoms with Gasteiger partial charge in [-0.15, -0.1) is 0 Å². The first kappa shape index (κ1) is 19.6. The highest BCUT2D eigenvalue weighted by molar-refractivity contribution is 5.84. The average Bonchev–Trinajstić information content (AvgIpc) is 2.66. The number of ether oxygens (including phenoxy) is 3. The minimum Gasteiger partial charge on any atom is -0.497 e. The molecule has 5 heteroatoms. The van der Waals surface area contributed by atoms with Crippen LogP contribution in [0, 0.1) is 5.92 Å². The van der Waals surface area contributed by atoms with E-state index in [0.29, 0.717) is 18.0 Å². The highest BCUT2D eigenvalue weighted by atomic mass is 16.5. The third-order valence-electron chi connectivity index (χ3n) is 4.34. The quantitative estimate of drug-likeness (QED) is 0.781. The van der Waals surface area contributed by atoms with Crippen molar-refractivity contribution < 1.29 is 19.0 Å². The van der Waals surface area contributed by atoms with Crippen LogP contribution >= 0.6 is 0 Å². The van der Waals surface area contributed by atoms with Gasteiger partial charge in [0.25, 0.3) is 0 Å². The number of rotatable bonds is 8. The second-order valence-electron chi connectivity index (χ2n) is 6.40. The van der Waals surface area contributed by atoms with Crippen molar-refractivity contribution in [1.29, 1.82) is 0 Å². The normalized spacial score (nSPS) is 11.8. The number of hydrogen-bond donors (Lipinski definition) is 1. The Labute approximate surface area is 155 Å². The van der Waals surface area contributed by atoms with Gasteiger partial charge >= 0.3 is 0 Å². The van der Waals surface area contributed by atoms with Gasteiger partial charge in [-0.3, -0.25) is 4.79 Å². The van der Waals surface area contributed by atoms with Gasteiger partial charge in [0.05, 0.1) is 27.2 Å². The molecule has 0 saturated heterocycles. The summed E-state index contributed by atoms with van der Waals surface area (Å²) in [5.74, 6) is 2.05. The van der Waals surface area contributed by atoms with Crippen molar-refractivity contribution in [3.8, 4) is 17.2 Å². The second-order valence-corrected chi connectivity index (χ2v) is 6.40. The Morgan fingerprint density at radius 2 is 1.58 bits per heavy atom. The summed E-state index contributed by atoms with van der Waals surface area (Å²) < 4.78 is 15.7. The third-order valence-corrected chi connectivity index (χ3v) is 4.34. The van der Waals surface area contributed by atoms with Crippen LogP contribution in [0.15, 0.2) is 42.5 Å². The summed E-state index contributed by atoms with van der Waals surface area (Å²) in [6.07, 6.45) is 0. The van der Waals surface area contributed by atoms with Crippen LogP contribution in [0.5, 0.6) is 17.2 Å². The summed E-state index contributed by atoms with van der Waals surface area (Å²) in [5.41, 5.74) is 1.93. The number of benzene rings is 2. The minimum absolute atomic E-state index is 0.0000447. The highest BCUT2D eigenvalue weighted by Gasteiger charge is 2.24. The Morgan fingerprint density at radius 3 is 2.12 bits per heavy atom. The lowest BCUT2D eigenvalue weighted by atomic mass is 9.87. The average molecular weight is 357 g/mol. The molecule has 1 unspecified atom stereocenters. The molecule has 0 fully saturated rings. The molecule has 2 aromatic carbocycles. The molecule has 0 radical (unpaired) electrons. The zero-order chi connectivity index (χ0) is 19.1. The highest BCUT2D eigenvalue weighted by Crippen LogP contribution is 2.29. The molecule has 140 valence electrons. The van der Waals surface area contributed by atoms with Gasteiger partial charge in [-0.2, -0.15) is 0 Å². The fourth-order valence-corrected chi connectivity index (χ4v) is 2.94. The molecule has 0 aliphatic carbocycles. The van der Waals surface area contributed by atoms with Crippen molar-refractivity contribution in [2.45, 2.75) is 26.3 Å². The van der Waals surface area contributed by atoms with Crippen LogP contribution in [-0.4, -0.2) is 27.2 Å². The van der Waals surface area contributed by atoms with Gasteiger partial charge in [0, 0.05) is 6.54 Å². The SMILES string of the molecule is COc1ccc(C(C(=O)NCc2ccc(OC)c(OC)c2)C(C)C)cc1. The number of nitrogens with one attached hydrogen (secondary N) is 1. The molecule has 1 atom stereocenters. The number of methoxy groups -OCH3 is 3. The second kappa shape index (κ2) is 9.13. The van der Waals surface area contributed by atoms with Crippen LogP contribution in [-0.2, 0) is 11.3 Å². The summed E-state index contributed by atoms with van der Waals surface area (Å²) in [5, 5.41) is 3.03. The first-order valence-corrected chi connectivity index (χ1v) is 8.62. The Morgan fingerprint density at radius 1 is 0.923 bits per heavy atom. The Bertz CT molecular complexity index is 725. The van der Waals surface area contributed by atoms with Crippen LogP contribution in [0.4, 0.5) is 0 Å². The predicted octanol–water partition coefficient (Wildman–Crippen LogP) is 3.77. The fraction of sp³-hybridized carbons (Fsp3) is 0.381. The van der Waals surface area contributed by atoms with E-state index < -0.39 is 0 Å². The molecule has 0 saturated carbocycles. The van der Waals surface area contributed by atoms with E-state index in [1.165, 1.54) is 0 Å². The molecule has 2 aromatic rings. The number of hydrogen-bond acceptors (Lipinski definition) is 4. The van der Waals surface area contributed by atoms with Gasteiger partial charge in [-0.25, -0.2) is 0 Å². The monoisotopic (exact) mass is 357 g/mol. The standard InChI is InChI=1S/C21H27NO4/c1-14(2)20(16-7-9-17(24-3)10-8-16)21(23)22-13-15-6-11-18(25-4)19(12-15)26-5/h6-12,14,20H,13H2,1-5H3,(H,22,23). The van der Waals surface area contributed by atoms with Crippen LogP contribution in [0.25, 0.3) is 0 Å². The lowest BCUT2D eigenvalue weighted by Gasteiger charge is -2.21. The third kappa shape index (κ3) is 4.69. The van der Waals surface area contributed by atoms with Crippen molar-refractivity contribution in [3.05, 3.63) is 53.6 Å². The molecule has 2 rings (SSSR count). The molecule has 0 aliphatic rings. The maximum absolute atomic E-state index is 12.8. The molecule has 5 nitrogen and oxygen atoms in total. The summed E-state index contributed by atoms with van der Waals surface area (Å²) in [6.45, 7) is 4.52. The molecule has 0 spiro atoms. The molecule has 0 aliphatic heterocycles. The molecule has 26 heavy (non-hydrogen) atoms. The van der Waals surface area contributed by atoms with Gasteiger partial charge in [0.1, 0.15) is 5.75 Å². The predicted molar refractivity (Wildman–Crippen MR) is 102 cm³/mol. The topological polar surface area (TPSA) is 56.8 Å². The molecule has 0 aromatic heterocycles. The number of carbonyl (C=O) groups is 1. The van der Waals surface area contributed by atoms with Crippen LogP contribution in [0.3, 0.4) is 0 Å². The zero-order valence-electron chi connectivity index (χ0n) is 16.0. The molecular weight excluding hydrogens is 330 g/mol. The molecule has 0 heterocycles. The van der Waals surface area contributed by atoms with Crippen molar-refractivity contribution in [1.82, 2.24) is 5.32 Å². The maximum Gasteiger partial charge on any atom is 0.228 e. The Hall–Kier alpha value is -2.69. The smallest absolute Gasteiger partial charge is 0.228 e. The Balaban J connectivity index is 2.10. The van der Waals surface area contributed by atoms with E-state index in [1.807, 2.05) is 56.3 Å². The number of carbonyl (C=O) groups excluding carboxylic acids is 1. The van der Waals surface area contributed by atoms with Gasteiger partial charge < -0.3 is 19.5 Å².